The number of ether oxygens (including phenoxy) is 1. The number of benzene rings is 2. The molecule has 2 aromatic carbocycles. The largest absolute Gasteiger partial charge is 0.494 e. The van der Waals surface area contributed by atoms with Crippen molar-refractivity contribution in [2.75, 3.05) is 12.4 Å². The highest BCUT2D eigenvalue weighted by atomic mass is 127. The molecular weight excluding hydrogens is 356 g/mol. The summed E-state index contributed by atoms with van der Waals surface area (Å²) in [5.74, 6) is -0.0612. The minimum Gasteiger partial charge on any atom is -0.494 e. The van der Waals surface area contributed by atoms with Crippen LogP contribution in [-0.2, 0) is 6.54 Å². The highest BCUT2D eigenvalue weighted by Crippen LogP contribution is 2.20. The molecule has 0 aromatic heterocycles. The van der Waals surface area contributed by atoms with Crippen molar-refractivity contribution in [2.24, 2.45) is 0 Å². The molecule has 4 heteroatoms. The summed E-state index contributed by atoms with van der Waals surface area (Å²) in [5, 5.41) is 3.28. The fraction of sp³-hybridized carbons (Fsp3) is 0.200. The van der Waals surface area contributed by atoms with Gasteiger partial charge in [0.1, 0.15) is 0 Å². The van der Waals surface area contributed by atoms with Crippen LogP contribution in [0.3, 0.4) is 0 Å². The van der Waals surface area contributed by atoms with Gasteiger partial charge >= 0.3 is 0 Å². The van der Waals surface area contributed by atoms with Gasteiger partial charge in [-0.15, -0.1) is 0 Å². The van der Waals surface area contributed by atoms with Gasteiger partial charge in [0, 0.05) is 15.8 Å². The standard InChI is InChI=1S/C15H15FINO/c1-10-3-5-12(8-14(10)17)18-9-11-4-6-15(19-2)13(16)7-11/h3-8,18H,9H2,1-2H3. The number of hydrogen-bond donors (Lipinski definition) is 1. The van der Waals surface area contributed by atoms with Crippen molar-refractivity contribution in [2.45, 2.75) is 13.5 Å². The summed E-state index contributed by atoms with van der Waals surface area (Å²) >= 11 is 2.30. The predicted octanol–water partition coefficient (Wildman–Crippen LogP) is 4.36. The van der Waals surface area contributed by atoms with Crippen molar-refractivity contribution in [3.05, 3.63) is 56.9 Å². The summed E-state index contributed by atoms with van der Waals surface area (Å²) in [7, 11) is 1.46. The summed E-state index contributed by atoms with van der Waals surface area (Å²) in [5.41, 5.74) is 3.17. The van der Waals surface area contributed by atoms with Crippen LogP contribution in [0.25, 0.3) is 0 Å². The van der Waals surface area contributed by atoms with E-state index in [0.717, 1.165) is 11.3 Å². The Morgan fingerprint density at radius 2 is 2.00 bits per heavy atom. The molecule has 0 aliphatic heterocycles. The Morgan fingerprint density at radius 1 is 1.21 bits per heavy atom. The summed E-state index contributed by atoms with van der Waals surface area (Å²) in [4.78, 5) is 0. The number of rotatable bonds is 4. The van der Waals surface area contributed by atoms with Gasteiger partial charge in [-0.25, -0.2) is 4.39 Å². The maximum Gasteiger partial charge on any atom is 0.165 e. The van der Waals surface area contributed by atoms with Crippen LogP contribution in [0.2, 0.25) is 0 Å². The van der Waals surface area contributed by atoms with Gasteiger partial charge in [-0.2, -0.15) is 0 Å². The predicted molar refractivity (Wildman–Crippen MR) is 84.2 cm³/mol. The molecular formula is C15H15FINO. The van der Waals surface area contributed by atoms with E-state index in [0.29, 0.717) is 6.54 Å². The first-order valence-corrected chi connectivity index (χ1v) is 7.00. The van der Waals surface area contributed by atoms with E-state index < -0.39 is 0 Å². The first-order chi connectivity index (χ1) is 9.10. The molecule has 2 aromatic rings. The lowest BCUT2D eigenvalue weighted by molar-refractivity contribution is 0.386. The van der Waals surface area contributed by atoms with E-state index in [2.05, 4.69) is 47.0 Å². The third kappa shape index (κ3) is 3.59. The summed E-state index contributed by atoms with van der Waals surface area (Å²) in [6.07, 6.45) is 0. The molecule has 0 radical (unpaired) electrons. The van der Waals surface area contributed by atoms with Gasteiger partial charge < -0.3 is 10.1 Å². The Labute approximate surface area is 126 Å². The molecule has 19 heavy (non-hydrogen) atoms. The maximum absolute atomic E-state index is 13.5. The van der Waals surface area contributed by atoms with Crippen molar-refractivity contribution >= 4 is 28.3 Å². The summed E-state index contributed by atoms with van der Waals surface area (Å²) < 4.78 is 19.6. The minimum atomic E-state index is -0.333. The third-order valence-electron chi connectivity index (χ3n) is 2.88. The molecule has 0 aliphatic rings. The van der Waals surface area contributed by atoms with E-state index in [9.17, 15) is 4.39 Å². The Kier molecular flexibility index (Phi) is 4.63. The smallest absolute Gasteiger partial charge is 0.165 e. The van der Waals surface area contributed by atoms with Gasteiger partial charge in [-0.1, -0.05) is 12.1 Å². The number of hydrogen-bond acceptors (Lipinski definition) is 2. The van der Waals surface area contributed by atoms with Crippen LogP contribution >= 0.6 is 22.6 Å². The van der Waals surface area contributed by atoms with Crippen LogP contribution in [0.15, 0.2) is 36.4 Å². The summed E-state index contributed by atoms with van der Waals surface area (Å²) in [6.45, 7) is 2.66. The Morgan fingerprint density at radius 3 is 2.63 bits per heavy atom. The second-order valence-electron chi connectivity index (χ2n) is 4.29. The van der Waals surface area contributed by atoms with E-state index in [4.69, 9.17) is 4.74 Å². The van der Waals surface area contributed by atoms with Crippen LogP contribution in [0, 0.1) is 16.3 Å². The minimum absolute atomic E-state index is 0.272. The van der Waals surface area contributed by atoms with Crippen molar-refractivity contribution in [1.82, 2.24) is 0 Å². The fourth-order valence-electron chi connectivity index (χ4n) is 1.73. The zero-order valence-electron chi connectivity index (χ0n) is 10.8. The number of methoxy groups -OCH3 is 1. The molecule has 100 valence electrons. The van der Waals surface area contributed by atoms with Gasteiger partial charge in [0.05, 0.1) is 7.11 Å². The molecule has 0 bridgehead atoms. The Bertz CT molecular complexity index is 586. The van der Waals surface area contributed by atoms with Crippen LogP contribution in [0.5, 0.6) is 5.75 Å². The maximum atomic E-state index is 13.5. The van der Waals surface area contributed by atoms with Crippen LogP contribution < -0.4 is 10.1 Å². The van der Waals surface area contributed by atoms with Gasteiger partial charge in [0.25, 0.3) is 0 Å². The highest BCUT2D eigenvalue weighted by Gasteiger charge is 2.03. The number of halogens is 2. The van der Waals surface area contributed by atoms with E-state index in [1.54, 1.807) is 6.07 Å². The lowest BCUT2D eigenvalue weighted by Gasteiger charge is -2.09. The van der Waals surface area contributed by atoms with Gasteiger partial charge in [-0.3, -0.25) is 0 Å². The highest BCUT2D eigenvalue weighted by molar-refractivity contribution is 14.1. The zero-order valence-corrected chi connectivity index (χ0v) is 13.0. The first-order valence-electron chi connectivity index (χ1n) is 5.92. The Hall–Kier alpha value is -1.30. The normalized spacial score (nSPS) is 10.3. The third-order valence-corrected chi connectivity index (χ3v) is 4.05. The second-order valence-corrected chi connectivity index (χ2v) is 5.45. The molecule has 0 fully saturated rings. The lowest BCUT2D eigenvalue weighted by Crippen LogP contribution is -2.01. The van der Waals surface area contributed by atoms with Gasteiger partial charge in [-0.05, 0) is 64.9 Å². The molecule has 0 amide bonds. The molecule has 0 atom stereocenters. The van der Waals surface area contributed by atoms with Gasteiger partial charge in [0.15, 0.2) is 11.6 Å². The second kappa shape index (κ2) is 6.23. The van der Waals surface area contributed by atoms with E-state index >= 15 is 0 Å². The molecule has 2 nitrogen and oxygen atoms in total. The Balaban J connectivity index is 2.05. The van der Waals surface area contributed by atoms with Gasteiger partial charge in [0.2, 0.25) is 0 Å². The molecule has 2 rings (SSSR count). The zero-order chi connectivity index (χ0) is 13.8. The number of aryl methyl sites for hydroxylation is 1. The van der Waals surface area contributed by atoms with Crippen LogP contribution in [-0.4, -0.2) is 7.11 Å². The quantitative estimate of drug-likeness (QED) is 0.807. The van der Waals surface area contributed by atoms with Crippen molar-refractivity contribution < 1.29 is 9.13 Å². The molecule has 1 N–H and O–H groups in total. The molecule has 0 saturated carbocycles. The number of nitrogens with one attached hydrogen (secondary N) is 1. The summed E-state index contributed by atoms with van der Waals surface area (Å²) in [6, 6.07) is 11.2. The molecule has 0 aliphatic carbocycles. The number of anilines is 1. The SMILES string of the molecule is COc1ccc(CNc2ccc(C)c(I)c2)cc1F. The van der Waals surface area contributed by atoms with E-state index in [-0.39, 0.29) is 11.6 Å². The molecule has 0 heterocycles. The monoisotopic (exact) mass is 371 g/mol. The fourth-order valence-corrected chi connectivity index (χ4v) is 2.24. The average molecular weight is 371 g/mol. The molecule has 0 saturated heterocycles. The van der Waals surface area contributed by atoms with Crippen LogP contribution in [0.4, 0.5) is 10.1 Å². The average Bonchev–Trinajstić information content (AvgIpc) is 2.40. The van der Waals surface area contributed by atoms with Crippen molar-refractivity contribution in [3.8, 4) is 5.75 Å². The van der Waals surface area contributed by atoms with Crippen molar-refractivity contribution in [1.29, 1.82) is 0 Å². The van der Waals surface area contributed by atoms with Crippen LogP contribution in [0.1, 0.15) is 11.1 Å². The first kappa shape index (κ1) is 14.1. The lowest BCUT2D eigenvalue weighted by atomic mass is 10.2. The van der Waals surface area contributed by atoms with E-state index in [1.807, 2.05) is 12.1 Å². The topological polar surface area (TPSA) is 21.3 Å². The molecule has 0 unspecified atom stereocenters. The van der Waals surface area contributed by atoms with Crippen molar-refractivity contribution in [3.63, 3.8) is 0 Å². The van der Waals surface area contributed by atoms with E-state index in [1.165, 1.54) is 22.3 Å². The molecule has 0 spiro atoms.